The summed E-state index contributed by atoms with van der Waals surface area (Å²) in [5.41, 5.74) is 0. The normalized spacial score (nSPS) is 20.8. The first-order valence-corrected chi connectivity index (χ1v) is 4.61. The topological polar surface area (TPSA) is 47.9 Å². The summed E-state index contributed by atoms with van der Waals surface area (Å²) in [7, 11) is 0. The van der Waals surface area contributed by atoms with E-state index in [0.29, 0.717) is 19.6 Å². The van der Waals surface area contributed by atoms with Crippen molar-refractivity contribution in [3.63, 3.8) is 0 Å². The third-order valence-electron chi connectivity index (χ3n) is 1.78. The summed E-state index contributed by atoms with van der Waals surface area (Å²) in [4.78, 5) is 15.3. The molecule has 13 heavy (non-hydrogen) atoms. The molecular formula is C9H15NO3. The molecular weight excluding hydrogens is 170 g/mol. The van der Waals surface area contributed by atoms with Crippen molar-refractivity contribution in [2.75, 3.05) is 13.2 Å². The standard InChI is InChI=1S/C9H15NO3/c1-3-8-10-7(6-13-8)5-9(11)12-4-2/h7H,3-6H2,1-2H3. The minimum atomic E-state index is -0.197. The van der Waals surface area contributed by atoms with Gasteiger partial charge in [0.1, 0.15) is 6.61 Å². The Morgan fingerprint density at radius 2 is 2.46 bits per heavy atom. The first-order chi connectivity index (χ1) is 6.26. The molecule has 0 N–H and O–H groups in total. The molecule has 0 radical (unpaired) electrons. The van der Waals surface area contributed by atoms with Crippen LogP contribution < -0.4 is 0 Å². The van der Waals surface area contributed by atoms with Gasteiger partial charge in [0.15, 0.2) is 5.90 Å². The second-order valence-corrected chi connectivity index (χ2v) is 2.85. The largest absolute Gasteiger partial charge is 0.479 e. The zero-order valence-corrected chi connectivity index (χ0v) is 8.08. The smallest absolute Gasteiger partial charge is 0.308 e. The fourth-order valence-corrected chi connectivity index (χ4v) is 1.18. The van der Waals surface area contributed by atoms with Gasteiger partial charge < -0.3 is 9.47 Å². The van der Waals surface area contributed by atoms with Crippen LogP contribution >= 0.6 is 0 Å². The van der Waals surface area contributed by atoms with Crippen molar-refractivity contribution in [3.05, 3.63) is 0 Å². The minimum absolute atomic E-state index is 0.0333. The van der Waals surface area contributed by atoms with Crippen molar-refractivity contribution in [1.82, 2.24) is 0 Å². The Bertz CT molecular complexity index is 213. The molecule has 1 atom stereocenters. The van der Waals surface area contributed by atoms with Gasteiger partial charge in [-0.1, -0.05) is 6.92 Å². The lowest BCUT2D eigenvalue weighted by Gasteiger charge is -2.03. The summed E-state index contributed by atoms with van der Waals surface area (Å²) in [5, 5.41) is 0. The molecule has 1 rings (SSSR count). The van der Waals surface area contributed by atoms with Crippen molar-refractivity contribution in [2.24, 2.45) is 4.99 Å². The van der Waals surface area contributed by atoms with Crippen molar-refractivity contribution >= 4 is 11.9 Å². The van der Waals surface area contributed by atoms with Gasteiger partial charge in [0, 0.05) is 6.42 Å². The summed E-state index contributed by atoms with van der Waals surface area (Å²) in [6, 6.07) is -0.0333. The Morgan fingerprint density at radius 1 is 1.69 bits per heavy atom. The van der Waals surface area contributed by atoms with Gasteiger partial charge in [-0.25, -0.2) is 4.99 Å². The Labute approximate surface area is 77.9 Å². The number of hydrogen-bond acceptors (Lipinski definition) is 4. The van der Waals surface area contributed by atoms with E-state index >= 15 is 0 Å². The van der Waals surface area contributed by atoms with E-state index in [0.717, 1.165) is 12.3 Å². The Morgan fingerprint density at radius 3 is 3.00 bits per heavy atom. The predicted molar refractivity (Wildman–Crippen MR) is 48.7 cm³/mol. The zero-order chi connectivity index (χ0) is 9.68. The molecule has 1 heterocycles. The van der Waals surface area contributed by atoms with Gasteiger partial charge in [0.2, 0.25) is 0 Å². The van der Waals surface area contributed by atoms with Gasteiger partial charge >= 0.3 is 5.97 Å². The van der Waals surface area contributed by atoms with Crippen LogP contribution in [-0.2, 0) is 14.3 Å². The number of ether oxygens (including phenoxy) is 2. The molecule has 4 nitrogen and oxygen atoms in total. The van der Waals surface area contributed by atoms with Gasteiger partial charge in [-0.05, 0) is 6.92 Å². The third kappa shape index (κ3) is 3.05. The van der Waals surface area contributed by atoms with E-state index in [1.165, 1.54) is 0 Å². The molecule has 0 aromatic rings. The lowest BCUT2D eigenvalue weighted by atomic mass is 10.2. The molecule has 0 amide bonds. The van der Waals surface area contributed by atoms with Crippen LogP contribution in [0.3, 0.4) is 0 Å². The van der Waals surface area contributed by atoms with Gasteiger partial charge in [0.25, 0.3) is 0 Å². The highest BCUT2D eigenvalue weighted by atomic mass is 16.5. The lowest BCUT2D eigenvalue weighted by molar-refractivity contribution is -0.143. The lowest BCUT2D eigenvalue weighted by Crippen LogP contribution is -2.15. The fraction of sp³-hybridized carbons (Fsp3) is 0.778. The highest BCUT2D eigenvalue weighted by Gasteiger charge is 2.20. The quantitative estimate of drug-likeness (QED) is 0.617. The van der Waals surface area contributed by atoms with Crippen LogP contribution in [0.1, 0.15) is 26.7 Å². The Balaban J connectivity index is 2.31. The number of carbonyl (C=O) groups excluding carboxylic acids is 1. The second kappa shape index (κ2) is 4.84. The van der Waals surface area contributed by atoms with Crippen molar-refractivity contribution in [1.29, 1.82) is 0 Å². The molecule has 0 saturated heterocycles. The van der Waals surface area contributed by atoms with Crippen molar-refractivity contribution in [2.45, 2.75) is 32.7 Å². The fourth-order valence-electron chi connectivity index (χ4n) is 1.18. The van der Waals surface area contributed by atoms with Crippen LogP contribution in [0.4, 0.5) is 0 Å². The molecule has 1 aliphatic heterocycles. The number of aliphatic imine (C=N–C) groups is 1. The molecule has 0 bridgehead atoms. The SMILES string of the molecule is CCOC(=O)CC1COC(CC)=N1. The highest BCUT2D eigenvalue weighted by molar-refractivity contribution is 5.78. The van der Waals surface area contributed by atoms with E-state index in [-0.39, 0.29) is 12.0 Å². The van der Waals surface area contributed by atoms with Crippen LogP contribution in [0.5, 0.6) is 0 Å². The molecule has 0 aromatic carbocycles. The Kier molecular flexibility index (Phi) is 3.73. The molecule has 0 saturated carbocycles. The van der Waals surface area contributed by atoms with Crippen LogP contribution in [0.2, 0.25) is 0 Å². The minimum Gasteiger partial charge on any atom is -0.479 e. The maximum absolute atomic E-state index is 11.0. The monoisotopic (exact) mass is 185 g/mol. The number of rotatable bonds is 4. The molecule has 74 valence electrons. The third-order valence-corrected chi connectivity index (χ3v) is 1.78. The maximum atomic E-state index is 11.0. The maximum Gasteiger partial charge on any atom is 0.308 e. The summed E-state index contributed by atoms with van der Waals surface area (Å²) >= 11 is 0. The van der Waals surface area contributed by atoms with E-state index in [2.05, 4.69) is 4.99 Å². The molecule has 1 unspecified atom stereocenters. The molecule has 4 heteroatoms. The van der Waals surface area contributed by atoms with E-state index in [1.807, 2.05) is 6.92 Å². The summed E-state index contributed by atoms with van der Waals surface area (Å²) in [6.07, 6.45) is 1.12. The molecule has 0 aromatic heterocycles. The van der Waals surface area contributed by atoms with Gasteiger partial charge in [0.05, 0.1) is 19.1 Å². The van der Waals surface area contributed by atoms with Crippen LogP contribution in [0, 0.1) is 0 Å². The molecule has 1 aliphatic rings. The summed E-state index contributed by atoms with van der Waals surface area (Å²) in [5.74, 6) is 0.548. The zero-order valence-electron chi connectivity index (χ0n) is 8.08. The number of carbonyl (C=O) groups is 1. The molecule has 0 aliphatic carbocycles. The van der Waals surface area contributed by atoms with Crippen LogP contribution in [0.25, 0.3) is 0 Å². The van der Waals surface area contributed by atoms with Crippen molar-refractivity contribution in [3.8, 4) is 0 Å². The van der Waals surface area contributed by atoms with E-state index in [1.54, 1.807) is 6.92 Å². The van der Waals surface area contributed by atoms with E-state index in [9.17, 15) is 4.79 Å². The van der Waals surface area contributed by atoms with E-state index in [4.69, 9.17) is 9.47 Å². The van der Waals surface area contributed by atoms with Crippen molar-refractivity contribution < 1.29 is 14.3 Å². The first kappa shape index (κ1) is 10.0. The van der Waals surface area contributed by atoms with Gasteiger partial charge in [-0.3, -0.25) is 4.79 Å². The molecule has 0 fully saturated rings. The van der Waals surface area contributed by atoms with Gasteiger partial charge in [-0.15, -0.1) is 0 Å². The summed E-state index contributed by atoms with van der Waals surface area (Å²) in [6.45, 7) is 4.72. The first-order valence-electron chi connectivity index (χ1n) is 4.61. The van der Waals surface area contributed by atoms with Crippen LogP contribution in [-0.4, -0.2) is 31.1 Å². The summed E-state index contributed by atoms with van der Waals surface area (Å²) < 4.78 is 10.0. The number of hydrogen-bond donors (Lipinski definition) is 0. The van der Waals surface area contributed by atoms with E-state index < -0.39 is 0 Å². The highest BCUT2D eigenvalue weighted by Crippen LogP contribution is 2.10. The van der Waals surface area contributed by atoms with Crippen LogP contribution in [0.15, 0.2) is 4.99 Å². The average molecular weight is 185 g/mol. The predicted octanol–water partition coefficient (Wildman–Crippen LogP) is 1.15. The molecule has 0 spiro atoms. The van der Waals surface area contributed by atoms with Gasteiger partial charge in [-0.2, -0.15) is 0 Å². The average Bonchev–Trinajstić information content (AvgIpc) is 2.52. The second-order valence-electron chi connectivity index (χ2n) is 2.85. The Hall–Kier alpha value is -1.06. The number of esters is 1. The number of nitrogens with zero attached hydrogens (tertiary/aromatic N) is 1.